The highest BCUT2D eigenvalue weighted by atomic mass is 19.3. The van der Waals surface area contributed by atoms with Crippen LogP contribution in [-0.4, -0.2) is 9.78 Å². The maximum Gasteiger partial charge on any atom is 0.333 e. The molecule has 0 unspecified atom stereocenters. The summed E-state index contributed by atoms with van der Waals surface area (Å²) >= 11 is 0. The van der Waals surface area contributed by atoms with Gasteiger partial charge in [0.2, 0.25) is 0 Å². The van der Waals surface area contributed by atoms with Gasteiger partial charge in [-0.15, -0.1) is 0 Å². The fraction of sp³-hybridized carbons (Fsp3) is 0.500. The minimum atomic E-state index is -2.51. The van der Waals surface area contributed by atoms with Crippen LogP contribution in [0.3, 0.4) is 0 Å². The SMILES string of the molecule is FC(F)n1ccc([C]2CCC2)n1. The van der Waals surface area contributed by atoms with Gasteiger partial charge in [-0.25, -0.2) is 4.68 Å². The Morgan fingerprint density at radius 1 is 1.42 bits per heavy atom. The molecule has 0 amide bonds. The molecule has 0 saturated heterocycles. The molecule has 2 nitrogen and oxygen atoms in total. The first kappa shape index (κ1) is 7.71. The molecule has 1 saturated carbocycles. The van der Waals surface area contributed by atoms with Crippen LogP contribution in [0.5, 0.6) is 0 Å². The number of hydrogen-bond donors (Lipinski definition) is 0. The molecule has 1 aromatic heterocycles. The molecule has 4 heteroatoms. The molecule has 1 aliphatic carbocycles. The van der Waals surface area contributed by atoms with E-state index in [0.29, 0.717) is 4.68 Å². The second-order valence-corrected chi connectivity index (χ2v) is 2.92. The lowest BCUT2D eigenvalue weighted by Crippen LogP contribution is -2.11. The van der Waals surface area contributed by atoms with E-state index in [1.54, 1.807) is 6.07 Å². The largest absolute Gasteiger partial charge is 0.333 e. The summed E-state index contributed by atoms with van der Waals surface area (Å²) in [7, 11) is 0. The molecule has 65 valence electrons. The Kier molecular flexibility index (Phi) is 1.83. The lowest BCUT2D eigenvalue weighted by atomic mass is 9.83. The second kappa shape index (κ2) is 2.84. The molecular formula is C8H9F2N2. The highest BCUT2D eigenvalue weighted by molar-refractivity contribution is 5.25. The number of alkyl halides is 2. The van der Waals surface area contributed by atoms with Crippen molar-refractivity contribution in [1.82, 2.24) is 9.78 Å². The Hall–Kier alpha value is -0.930. The van der Waals surface area contributed by atoms with Gasteiger partial charge in [0.1, 0.15) is 0 Å². The van der Waals surface area contributed by atoms with Crippen molar-refractivity contribution in [2.45, 2.75) is 25.8 Å². The number of hydrogen-bond acceptors (Lipinski definition) is 1. The van der Waals surface area contributed by atoms with Gasteiger partial charge < -0.3 is 0 Å². The van der Waals surface area contributed by atoms with Crippen LogP contribution in [0.2, 0.25) is 0 Å². The van der Waals surface area contributed by atoms with Crippen molar-refractivity contribution in [2.75, 3.05) is 0 Å². The summed E-state index contributed by atoms with van der Waals surface area (Å²) in [4.78, 5) is 0. The quantitative estimate of drug-likeness (QED) is 0.668. The molecule has 0 N–H and O–H groups in total. The van der Waals surface area contributed by atoms with E-state index in [2.05, 4.69) is 5.10 Å². The van der Waals surface area contributed by atoms with Crippen LogP contribution >= 0.6 is 0 Å². The summed E-state index contributed by atoms with van der Waals surface area (Å²) in [6, 6.07) is 1.65. The van der Waals surface area contributed by atoms with Gasteiger partial charge in [-0.1, -0.05) is 6.42 Å². The molecule has 1 aromatic rings. The normalized spacial score (nSPS) is 18.2. The Balaban J connectivity index is 2.12. The van der Waals surface area contributed by atoms with Crippen molar-refractivity contribution in [2.24, 2.45) is 0 Å². The van der Waals surface area contributed by atoms with E-state index in [0.717, 1.165) is 25.0 Å². The molecular weight excluding hydrogens is 162 g/mol. The van der Waals surface area contributed by atoms with Crippen molar-refractivity contribution < 1.29 is 8.78 Å². The molecule has 0 spiro atoms. The fourth-order valence-electron chi connectivity index (χ4n) is 1.24. The van der Waals surface area contributed by atoms with Crippen LogP contribution in [0.1, 0.15) is 31.5 Å². The molecule has 1 radical (unpaired) electrons. The number of rotatable bonds is 2. The van der Waals surface area contributed by atoms with E-state index in [-0.39, 0.29) is 0 Å². The van der Waals surface area contributed by atoms with Gasteiger partial charge in [-0.05, 0) is 18.9 Å². The number of halogens is 2. The second-order valence-electron chi connectivity index (χ2n) is 2.92. The van der Waals surface area contributed by atoms with E-state index >= 15 is 0 Å². The van der Waals surface area contributed by atoms with Gasteiger partial charge in [-0.2, -0.15) is 13.9 Å². The van der Waals surface area contributed by atoms with Gasteiger partial charge in [-0.3, -0.25) is 0 Å². The van der Waals surface area contributed by atoms with Gasteiger partial charge in [0.25, 0.3) is 0 Å². The van der Waals surface area contributed by atoms with Crippen LogP contribution in [0, 0.1) is 5.92 Å². The van der Waals surface area contributed by atoms with Crippen LogP contribution in [-0.2, 0) is 0 Å². The molecule has 0 bridgehead atoms. The zero-order chi connectivity index (χ0) is 8.55. The maximum absolute atomic E-state index is 12.1. The monoisotopic (exact) mass is 171 g/mol. The third-order valence-corrected chi connectivity index (χ3v) is 2.13. The van der Waals surface area contributed by atoms with Crippen molar-refractivity contribution in [3.8, 4) is 0 Å². The van der Waals surface area contributed by atoms with E-state index in [1.165, 1.54) is 12.1 Å². The molecule has 0 aromatic carbocycles. The zero-order valence-electron chi connectivity index (χ0n) is 6.50. The van der Waals surface area contributed by atoms with E-state index in [9.17, 15) is 8.78 Å². The maximum atomic E-state index is 12.1. The summed E-state index contributed by atoms with van der Waals surface area (Å²) in [6.07, 6.45) is 4.52. The fourth-order valence-corrected chi connectivity index (χ4v) is 1.24. The Bertz CT molecular complexity index is 266. The molecule has 1 aliphatic rings. The third kappa shape index (κ3) is 1.21. The zero-order valence-corrected chi connectivity index (χ0v) is 6.50. The van der Waals surface area contributed by atoms with Gasteiger partial charge in [0, 0.05) is 12.1 Å². The summed E-state index contributed by atoms with van der Waals surface area (Å²) in [5, 5.41) is 3.76. The molecule has 1 heterocycles. The van der Waals surface area contributed by atoms with Crippen molar-refractivity contribution in [3.05, 3.63) is 23.9 Å². The van der Waals surface area contributed by atoms with Crippen LogP contribution in [0.4, 0.5) is 8.78 Å². The molecule has 12 heavy (non-hydrogen) atoms. The Morgan fingerprint density at radius 2 is 2.17 bits per heavy atom. The standard InChI is InChI=1S/C8H9F2N2/c9-8(10)12-5-4-7(11-12)6-2-1-3-6/h4-5,8H,1-3H2. The molecule has 0 aliphatic heterocycles. The lowest BCUT2D eigenvalue weighted by Gasteiger charge is -2.22. The minimum absolute atomic E-state index is 0.695. The lowest BCUT2D eigenvalue weighted by molar-refractivity contribution is 0.0562. The first-order valence-corrected chi connectivity index (χ1v) is 3.96. The predicted molar refractivity (Wildman–Crippen MR) is 39.7 cm³/mol. The number of nitrogens with zero attached hydrogens (tertiary/aromatic N) is 2. The van der Waals surface area contributed by atoms with Crippen LogP contribution < -0.4 is 0 Å². The topological polar surface area (TPSA) is 17.8 Å². The minimum Gasteiger partial charge on any atom is -0.211 e. The highest BCUT2D eigenvalue weighted by Crippen LogP contribution is 2.34. The highest BCUT2D eigenvalue weighted by Gasteiger charge is 2.23. The summed E-state index contributed by atoms with van der Waals surface area (Å²) in [5.41, 5.74) is 0.738. The predicted octanol–water partition coefficient (Wildman–Crippen LogP) is 2.38. The Labute approximate surface area is 69.2 Å². The molecule has 2 rings (SSSR count). The van der Waals surface area contributed by atoms with Gasteiger partial charge >= 0.3 is 6.55 Å². The number of aromatic nitrogens is 2. The van der Waals surface area contributed by atoms with Gasteiger partial charge in [0.15, 0.2) is 0 Å². The summed E-state index contributed by atoms with van der Waals surface area (Å²) in [5.74, 6) is 1.20. The van der Waals surface area contributed by atoms with Crippen molar-refractivity contribution in [1.29, 1.82) is 0 Å². The van der Waals surface area contributed by atoms with Crippen LogP contribution in [0.25, 0.3) is 0 Å². The van der Waals surface area contributed by atoms with E-state index < -0.39 is 6.55 Å². The first-order valence-electron chi connectivity index (χ1n) is 3.96. The van der Waals surface area contributed by atoms with Crippen LogP contribution in [0.15, 0.2) is 12.3 Å². The summed E-state index contributed by atoms with van der Waals surface area (Å²) < 4.78 is 24.8. The molecule has 1 fully saturated rings. The summed E-state index contributed by atoms with van der Waals surface area (Å²) in [6.45, 7) is -2.51. The van der Waals surface area contributed by atoms with Crippen molar-refractivity contribution >= 4 is 0 Å². The Morgan fingerprint density at radius 3 is 2.58 bits per heavy atom. The average Bonchev–Trinajstić information content (AvgIpc) is 2.32. The van der Waals surface area contributed by atoms with Crippen molar-refractivity contribution in [3.63, 3.8) is 0 Å². The third-order valence-electron chi connectivity index (χ3n) is 2.13. The average molecular weight is 171 g/mol. The van der Waals surface area contributed by atoms with E-state index in [4.69, 9.17) is 0 Å². The van der Waals surface area contributed by atoms with Gasteiger partial charge in [0.05, 0.1) is 5.69 Å². The first-order chi connectivity index (χ1) is 5.77. The van der Waals surface area contributed by atoms with E-state index in [1.807, 2.05) is 0 Å². The molecule has 0 atom stereocenters. The smallest absolute Gasteiger partial charge is 0.211 e.